The summed E-state index contributed by atoms with van der Waals surface area (Å²) in [4.78, 5) is 25.8. The van der Waals surface area contributed by atoms with Crippen molar-refractivity contribution in [3.05, 3.63) is 104 Å². The van der Waals surface area contributed by atoms with Gasteiger partial charge in [-0.15, -0.1) is 0 Å². The molecule has 0 fully saturated rings. The molecule has 1 atom stereocenters. The maximum absolute atomic E-state index is 11.5. The van der Waals surface area contributed by atoms with E-state index in [1.165, 1.54) is 0 Å². The zero-order valence-electron chi connectivity index (χ0n) is 21.0. The van der Waals surface area contributed by atoms with Crippen molar-refractivity contribution in [1.82, 2.24) is 9.72 Å². The molecule has 1 heterocycles. The molecule has 0 aliphatic heterocycles. The van der Waals surface area contributed by atoms with E-state index in [1.807, 2.05) is 37.3 Å². The smallest absolute Gasteiger partial charge is 0.491 e. The zero-order valence-corrected chi connectivity index (χ0v) is 23.0. The summed E-state index contributed by atoms with van der Waals surface area (Å²) in [6.45, 7) is 4.22. The van der Waals surface area contributed by atoms with E-state index < -0.39 is 17.5 Å². The van der Waals surface area contributed by atoms with Gasteiger partial charge in [0.15, 0.2) is 5.69 Å². The number of nitrogens with zero attached hydrogens (tertiary/aromatic N) is 2. The Balaban J connectivity index is 0.00000380. The number of rotatable bonds is 10. The van der Waals surface area contributed by atoms with Gasteiger partial charge in [-0.3, -0.25) is 9.53 Å². The van der Waals surface area contributed by atoms with E-state index in [-0.39, 0.29) is 49.3 Å². The first-order chi connectivity index (χ1) is 17.3. The van der Waals surface area contributed by atoms with Crippen molar-refractivity contribution >= 4 is 0 Å². The molecule has 0 radical (unpaired) electrons. The quantitative estimate of drug-likeness (QED) is 0.269. The molecule has 37 heavy (non-hydrogen) atoms. The number of hydrogen-bond donors (Lipinski definition) is 2. The van der Waals surface area contributed by atoms with E-state index >= 15 is 0 Å². The molecule has 10 heteroatoms. The van der Waals surface area contributed by atoms with Crippen LogP contribution in [-0.4, -0.2) is 34.3 Å². The van der Waals surface area contributed by atoms with Crippen LogP contribution in [0.25, 0.3) is 11.1 Å². The molecule has 188 valence electrons. The Bertz CT molecular complexity index is 1440. The Morgan fingerprint density at radius 1 is 0.973 bits per heavy atom. The molecule has 0 aliphatic rings. The van der Waals surface area contributed by atoms with Gasteiger partial charge >= 0.3 is 35.3 Å². The molecule has 1 aromatic heterocycles. The van der Waals surface area contributed by atoms with Crippen molar-refractivity contribution in [2.75, 3.05) is 13.2 Å². The van der Waals surface area contributed by atoms with Gasteiger partial charge in [-0.1, -0.05) is 36.4 Å². The first-order valence-corrected chi connectivity index (χ1v) is 11.4. The predicted octanol–water partition coefficient (Wildman–Crippen LogP) is -0.594. The van der Waals surface area contributed by atoms with Crippen molar-refractivity contribution in [3.8, 4) is 22.6 Å². The third-order valence-electron chi connectivity index (χ3n) is 5.82. The molecule has 0 amide bonds. The van der Waals surface area contributed by atoms with Crippen LogP contribution in [0.15, 0.2) is 74.8 Å². The standard InChI is InChI=1S/C27H28N2O7.Na/c1-17-12-23(35-16-21(31)14-30)10-11-24(17)25-5-3-4-20(18(25)2)15-34-22-8-6-19(7-9-22)13-29-26(32)28-27(33)36-29;/h3-12,21,30-31H,13-16H2,1-2H3,(H,28,32,33);/q;+1/p-1/t21-;/m1./s1. The molecular formula is C27H27N2NaO7. The van der Waals surface area contributed by atoms with Gasteiger partial charge < -0.3 is 29.2 Å². The average molecular weight is 515 g/mol. The first-order valence-electron chi connectivity index (χ1n) is 11.4. The minimum atomic E-state index is -0.912. The first kappa shape index (κ1) is 28.5. The van der Waals surface area contributed by atoms with E-state index in [9.17, 15) is 14.7 Å². The van der Waals surface area contributed by atoms with Crippen LogP contribution in [0.1, 0.15) is 22.3 Å². The van der Waals surface area contributed by atoms with Crippen molar-refractivity contribution in [2.24, 2.45) is 0 Å². The number of benzene rings is 3. The van der Waals surface area contributed by atoms with Crippen molar-refractivity contribution in [1.29, 1.82) is 0 Å². The molecular weight excluding hydrogens is 487 g/mol. The van der Waals surface area contributed by atoms with E-state index in [0.717, 1.165) is 38.1 Å². The Kier molecular flexibility index (Phi) is 9.96. The monoisotopic (exact) mass is 514 g/mol. The third kappa shape index (κ3) is 7.24. The number of aliphatic hydroxyl groups excluding tert-OH is 2. The Morgan fingerprint density at radius 2 is 1.70 bits per heavy atom. The van der Waals surface area contributed by atoms with Gasteiger partial charge in [0.25, 0.3) is 0 Å². The second-order valence-electron chi connectivity index (χ2n) is 8.43. The second-order valence-corrected chi connectivity index (χ2v) is 8.43. The molecule has 0 unspecified atom stereocenters. The topological polar surface area (TPSA) is 125 Å². The molecule has 0 spiro atoms. The van der Waals surface area contributed by atoms with E-state index in [4.69, 9.17) is 19.1 Å². The summed E-state index contributed by atoms with van der Waals surface area (Å²) in [7, 11) is 0. The molecule has 4 aromatic rings. The van der Waals surface area contributed by atoms with Gasteiger partial charge in [-0.2, -0.15) is 0 Å². The third-order valence-corrected chi connectivity index (χ3v) is 5.82. The van der Waals surface area contributed by atoms with Crippen LogP contribution in [-0.2, 0) is 13.2 Å². The van der Waals surface area contributed by atoms with Gasteiger partial charge in [0.2, 0.25) is 0 Å². The summed E-state index contributed by atoms with van der Waals surface area (Å²) in [6, 6.07) is 19.0. The largest absolute Gasteiger partial charge is 1.00 e. The van der Waals surface area contributed by atoms with Crippen molar-refractivity contribution in [2.45, 2.75) is 33.1 Å². The molecule has 0 bridgehead atoms. The fourth-order valence-corrected chi connectivity index (χ4v) is 3.81. The van der Waals surface area contributed by atoms with Crippen LogP contribution in [0.3, 0.4) is 0 Å². The summed E-state index contributed by atoms with van der Waals surface area (Å²) in [5, 5.41) is 18.4. The molecule has 4 rings (SSSR count). The van der Waals surface area contributed by atoms with Crippen LogP contribution >= 0.6 is 0 Å². The van der Waals surface area contributed by atoms with Gasteiger partial charge in [-0.05, 0) is 71.5 Å². The summed E-state index contributed by atoms with van der Waals surface area (Å²) < 4.78 is 17.2. The van der Waals surface area contributed by atoms with Crippen LogP contribution in [0.5, 0.6) is 11.5 Å². The minimum Gasteiger partial charge on any atom is -0.491 e. The second kappa shape index (κ2) is 12.9. The molecule has 2 N–H and O–H groups in total. The van der Waals surface area contributed by atoms with Gasteiger partial charge in [0.1, 0.15) is 30.8 Å². The summed E-state index contributed by atoms with van der Waals surface area (Å²) in [5.74, 6) is 0.390. The molecule has 0 saturated carbocycles. The Labute approximate surface area is 235 Å². The fourth-order valence-electron chi connectivity index (χ4n) is 3.81. The maximum atomic E-state index is 11.5. The summed E-state index contributed by atoms with van der Waals surface area (Å²) in [6.07, 6.45) is -0.912. The molecule has 9 nitrogen and oxygen atoms in total. The molecule has 0 saturated heterocycles. The Hall–Kier alpha value is -3.08. The summed E-state index contributed by atoms with van der Waals surface area (Å²) in [5.41, 5.74) is 5.37. The van der Waals surface area contributed by atoms with Crippen molar-refractivity contribution < 1.29 is 53.8 Å². The summed E-state index contributed by atoms with van der Waals surface area (Å²) >= 11 is 0. The average Bonchev–Trinajstić information content (AvgIpc) is 3.19. The number of hydrogen-bond acceptors (Lipinski definition) is 7. The van der Waals surface area contributed by atoms with Gasteiger partial charge in [-0.25, -0.2) is 4.79 Å². The normalized spacial score (nSPS) is 11.6. The van der Waals surface area contributed by atoms with Crippen LogP contribution in [0.4, 0.5) is 0 Å². The van der Waals surface area contributed by atoms with Crippen LogP contribution in [0.2, 0.25) is 0 Å². The molecule has 0 aliphatic carbocycles. The van der Waals surface area contributed by atoms with Crippen molar-refractivity contribution in [3.63, 3.8) is 0 Å². The predicted molar refractivity (Wildman–Crippen MR) is 132 cm³/mol. The minimum absolute atomic E-state index is 0. The van der Waals surface area contributed by atoms with Gasteiger partial charge in [0.05, 0.1) is 6.61 Å². The number of ether oxygens (including phenoxy) is 2. The number of aromatic nitrogens is 2. The number of aryl methyl sites for hydroxylation is 1. The number of aliphatic hydroxyl groups is 2. The van der Waals surface area contributed by atoms with E-state index in [0.29, 0.717) is 18.1 Å². The SMILES string of the molecule is Cc1cc(OC[C@H](O)CO)ccc1-c1cccc(COc2ccc(Cn3oc(=O)[n-]c3=O)cc2)c1C.[Na+]. The zero-order chi connectivity index (χ0) is 25.7. The fraction of sp³-hybridized carbons (Fsp3) is 0.259. The van der Waals surface area contributed by atoms with Crippen LogP contribution in [0, 0.1) is 13.8 Å². The van der Waals surface area contributed by atoms with Crippen LogP contribution < -0.4 is 55.5 Å². The van der Waals surface area contributed by atoms with E-state index in [2.05, 4.69) is 18.0 Å². The Morgan fingerprint density at radius 3 is 2.35 bits per heavy atom. The van der Waals surface area contributed by atoms with Gasteiger partial charge in [0, 0.05) is 6.54 Å². The molecule has 3 aromatic carbocycles. The maximum Gasteiger partial charge on any atom is 1.00 e. The van der Waals surface area contributed by atoms with E-state index in [1.54, 1.807) is 24.3 Å².